The molecule has 15 heavy (non-hydrogen) atoms. The zero-order valence-electron chi connectivity index (χ0n) is 8.90. The van der Waals surface area contributed by atoms with Crippen molar-refractivity contribution in [1.29, 1.82) is 0 Å². The van der Waals surface area contributed by atoms with E-state index in [1.807, 2.05) is 6.92 Å². The zero-order chi connectivity index (χ0) is 11.7. The van der Waals surface area contributed by atoms with Crippen molar-refractivity contribution in [1.82, 2.24) is 0 Å². The molecule has 0 amide bonds. The number of carboxylic acids is 1. The molecule has 0 radical (unpaired) electrons. The molecule has 88 valence electrons. The van der Waals surface area contributed by atoms with Crippen molar-refractivity contribution >= 4 is 11.9 Å². The molecule has 0 spiro atoms. The molecule has 0 aliphatic rings. The van der Waals surface area contributed by atoms with Gasteiger partial charge in [0, 0.05) is 18.8 Å². The van der Waals surface area contributed by atoms with Gasteiger partial charge in [0.15, 0.2) is 0 Å². The SMILES string of the molecule is CCCC(O)OC(=O)CCCCC(=O)[O-]. The molecule has 5 heteroatoms. The van der Waals surface area contributed by atoms with Crippen LogP contribution in [0.25, 0.3) is 0 Å². The molecule has 0 aliphatic carbocycles. The fraction of sp³-hybridized carbons (Fsp3) is 0.800. The lowest BCUT2D eigenvalue weighted by atomic mass is 10.2. The van der Waals surface area contributed by atoms with Crippen LogP contribution >= 0.6 is 0 Å². The van der Waals surface area contributed by atoms with E-state index in [9.17, 15) is 14.7 Å². The van der Waals surface area contributed by atoms with Crippen LogP contribution in [0, 0.1) is 0 Å². The first-order valence-electron chi connectivity index (χ1n) is 5.13. The van der Waals surface area contributed by atoms with E-state index >= 15 is 0 Å². The van der Waals surface area contributed by atoms with Gasteiger partial charge in [0.1, 0.15) is 0 Å². The fourth-order valence-corrected chi connectivity index (χ4v) is 1.06. The van der Waals surface area contributed by atoms with Gasteiger partial charge in [-0.05, 0) is 19.3 Å². The molecule has 0 rings (SSSR count). The number of carboxylic acid groups (broad SMARTS) is 1. The van der Waals surface area contributed by atoms with Gasteiger partial charge in [-0.1, -0.05) is 13.3 Å². The highest BCUT2D eigenvalue weighted by Gasteiger charge is 2.09. The van der Waals surface area contributed by atoms with Crippen molar-refractivity contribution in [2.75, 3.05) is 0 Å². The molecule has 1 N–H and O–H groups in total. The third kappa shape index (κ3) is 9.21. The van der Waals surface area contributed by atoms with E-state index in [0.29, 0.717) is 19.3 Å². The summed E-state index contributed by atoms with van der Waals surface area (Å²) in [5, 5.41) is 19.2. The van der Waals surface area contributed by atoms with Gasteiger partial charge in [0.2, 0.25) is 6.29 Å². The van der Waals surface area contributed by atoms with Gasteiger partial charge in [-0.3, -0.25) is 4.79 Å². The summed E-state index contributed by atoms with van der Waals surface area (Å²) in [5.41, 5.74) is 0. The highest BCUT2D eigenvalue weighted by molar-refractivity contribution is 5.69. The number of hydrogen-bond acceptors (Lipinski definition) is 5. The second-order valence-electron chi connectivity index (χ2n) is 3.31. The van der Waals surface area contributed by atoms with Gasteiger partial charge >= 0.3 is 5.97 Å². The quantitative estimate of drug-likeness (QED) is 0.350. The van der Waals surface area contributed by atoms with E-state index in [0.717, 1.165) is 6.42 Å². The van der Waals surface area contributed by atoms with Crippen molar-refractivity contribution in [2.24, 2.45) is 0 Å². The van der Waals surface area contributed by atoms with E-state index in [2.05, 4.69) is 4.74 Å². The topological polar surface area (TPSA) is 86.7 Å². The number of carbonyl (C=O) groups is 2. The molecule has 0 saturated carbocycles. The van der Waals surface area contributed by atoms with Gasteiger partial charge in [-0.15, -0.1) is 0 Å². The summed E-state index contributed by atoms with van der Waals surface area (Å²) >= 11 is 0. The Balaban J connectivity index is 3.44. The molecule has 0 aliphatic heterocycles. The highest BCUT2D eigenvalue weighted by atomic mass is 16.6. The number of hydrogen-bond donors (Lipinski definition) is 1. The summed E-state index contributed by atoms with van der Waals surface area (Å²) in [4.78, 5) is 21.1. The maximum Gasteiger partial charge on any atom is 0.308 e. The molecule has 0 aromatic heterocycles. The molecular formula is C10H17O5-. The van der Waals surface area contributed by atoms with Crippen molar-refractivity contribution < 1.29 is 24.5 Å². The second-order valence-corrected chi connectivity index (χ2v) is 3.31. The highest BCUT2D eigenvalue weighted by Crippen LogP contribution is 2.04. The molecule has 0 saturated heterocycles. The normalized spacial score (nSPS) is 12.1. The first kappa shape index (κ1) is 13.9. The molecular weight excluding hydrogens is 200 g/mol. The van der Waals surface area contributed by atoms with Crippen molar-refractivity contribution in [2.45, 2.75) is 51.7 Å². The van der Waals surface area contributed by atoms with Crippen LogP contribution in [0.2, 0.25) is 0 Å². The van der Waals surface area contributed by atoms with Crippen LogP contribution in [0.4, 0.5) is 0 Å². The first-order valence-corrected chi connectivity index (χ1v) is 5.13. The van der Waals surface area contributed by atoms with E-state index in [1.54, 1.807) is 0 Å². The average Bonchev–Trinajstić information content (AvgIpc) is 2.12. The van der Waals surface area contributed by atoms with Crippen LogP contribution in [0.15, 0.2) is 0 Å². The summed E-state index contributed by atoms with van der Waals surface area (Å²) in [5.74, 6) is -1.61. The van der Waals surface area contributed by atoms with E-state index < -0.39 is 18.2 Å². The minimum absolute atomic E-state index is 0.0508. The number of esters is 1. The molecule has 1 atom stereocenters. The number of aliphatic hydroxyl groups is 1. The average molecular weight is 217 g/mol. The number of ether oxygens (including phenoxy) is 1. The Labute approximate surface area is 89.0 Å². The molecule has 0 fully saturated rings. The van der Waals surface area contributed by atoms with Crippen molar-refractivity contribution in [3.05, 3.63) is 0 Å². The lowest BCUT2D eigenvalue weighted by Gasteiger charge is -2.10. The van der Waals surface area contributed by atoms with E-state index in [-0.39, 0.29) is 12.8 Å². The van der Waals surface area contributed by atoms with Crippen LogP contribution in [-0.4, -0.2) is 23.3 Å². The summed E-state index contributed by atoms with van der Waals surface area (Å²) in [6, 6.07) is 0. The minimum atomic E-state index is -1.12. The van der Waals surface area contributed by atoms with Crippen molar-refractivity contribution in [3.8, 4) is 0 Å². The Morgan fingerprint density at radius 1 is 1.33 bits per heavy atom. The third-order valence-corrected chi connectivity index (χ3v) is 1.81. The maximum atomic E-state index is 11.0. The lowest BCUT2D eigenvalue weighted by molar-refractivity contribution is -0.305. The predicted molar refractivity (Wildman–Crippen MR) is 50.5 cm³/mol. The molecule has 5 nitrogen and oxygen atoms in total. The smallest absolute Gasteiger partial charge is 0.308 e. The minimum Gasteiger partial charge on any atom is -0.550 e. The van der Waals surface area contributed by atoms with Gasteiger partial charge in [-0.2, -0.15) is 0 Å². The standard InChI is InChI=1S/C10H18O5/c1-2-5-9(13)15-10(14)7-4-3-6-8(11)12/h9,13H,2-7H2,1H3,(H,11,12)/p-1. The molecule has 1 unspecified atom stereocenters. The summed E-state index contributed by atoms with van der Waals surface area (Å²) < 4.78 is 4.65. The number of aliphatic carboxylic acids is 1. The van der Waals surface area contributed by atoms with Crippen LogP contribution in [-0.2, 0) is 14.3 Å². The Morgan fingerprint density at radius 3 is 2.47 bits per heavy atom. The lowest BCUT2D eigenvalue weighted by Crippen LogP contribution is -2.21. The van der Waals surface area contributed by atoms with Gasteiger partial charge in [-0.25, -0.2) is 0 Å². The maximum absolute atomic E-state index is 11.0. The van der Waals surface area contributed by atoms with Crippen LogP contribution in [0.5, 0.6) is 0 Å². The van der Waals surface area contributed by atoms with Gasteiger partial charge in [0.25, 0.3) is 0 Å². The summed E-state index contributed by atoms with van der Waals surface area (Å²) in [6.07, 6.45) is 1.03. The summed E-state index contributed by atoms with van der Waals surface area (Å²) in [6.45, 7) is 1.87. The van der Waals surface area contributed by atoms with Crippen molar-refractivity contribution in [3.63, 3.8) is 0 Å². The molecule has 0 bridgehead atoms. The van der Waals surface area contributed by atoms with Gasteiger partial charge in [0.05, 0.1) is 0 Å². The summed E-state index contributed by atoms with van der Waals surface area (Å²) in [7, 11) is 0. The third-order valence-electron chi connectivity index (χ3n) is 1.81. The largest absolute Gasteiger partial charge is 0.550 e. The van der Waals surface area contributed by atoms with Crippen LogP contribution in [0.3, 0.4) is 0 Å². The fourth-order valence-electron chi connectivity index (χ4n) is 1.06. The first-order chi connectivity index (χ1) is 7.06. The Hall–Kier alpha value is -1.10. The van der Waals surface area contributed by atoms with E-state index in [1.165, 1.54) is 0 Å². The number of unbranched alkanes of at least 4 members (excludes halogenated alkanes) is 1. The molecule has 0 aromatic rings. The molecule has 0 aromatic carbocycles. The zero-order valence-corrected chi connectivity index (χ0v) is 8.90. The van der Waals surface area contributed by atoms with E-state index in [4.69, 9.17) is 5.11 Å². The Kier molecular flexibility index (Phi) is 7.62. The Morgan fingerprint density at radius 2 is 1.93 bits per heavy atom. The van der Waals surface area contributed by atoms with Crippen LogP contribution in [0.1, 0.15) is 45.4 Å². The second kappa shape index (κ2) is 8.23. The van der Waals surface area contributed by atoms with Gasteiger partial charge < -0.3 is 19.7 Å². The predicted octanol–water partition coefficient (Wildman–Crippen LogP) is -0.0416. The monoisotopic (exact) mass is 217 g/mol. The number of carbonyl (C=O) groups excluding carboxylic acids is 2. The molecule has 0 heterocycles. The number of aliphatic hydroxyl groups excluding tert-OH is 1. The number of rotatable bonds is 8. The van der Waals surface area contributed by atoms with Crippen LogP contribution < -0.4 is 5.11 Å². The Bertz CT molecular complexity index is 202.